The minimum atomic E-state index is -4.37. The van der Waals surface area contributed by atoms with Crippen LogP contribution < -0.4 is 4.74 Å². The van der Waals surface area contributed by atoms with Gasteiger partial charge in [-0.25, -0.2) is 0 Å². The van der Waals surface area contributed by atoms with Crippen molar-refractivity contribution in [1.82, 2.24) is 4.90 Å². The Morgan fingerprint density at radius 2 is 2.14 bits per heavy atom. The third kappa shape index (κ3) is 4.50. The molecule has 0 N–H and O–H groups in total. The maximum Gasteiger partial charge on any atom is 0.422 e. The van der Waals surface area contributed by atoms with Crippen molar-refractivity contribution in [1.29, 1.82) is 0 Å². The number of hydrogen-bond donors (Lipinski definition) is 0. The molecule has 1 aromatic carbocycles. The highest BCUT2D eigenvalue weighted by Gasteiger charge is 2.29. The lowest BCUT2D eigenvalue weighted by Gasteiger charge is -2.33. The normalized spacial score (nSPS) is 19.1. The number of carbonyl (C=O) groups excluding carboxylic acids is 1. The zero-order chi connectivity index (χ0) is 16.3. The fraction of sp³-hybridized carbons (Fsp3) is 0.533. The number of ether oxygens (including phenoxy) is 1. The number of benzene rings is 1. The first-order valence-corrected chi connectivity index (χ1v) is 8.16. The molecule has 0 radical (unpaired) electrons. The topological polar surface area (TPSA) is 29.5 Å². The van der Waals surface area contributed by atoms with Gasteiger partial charge in [0.05, 0.1) is 3.57 Å². The van der Waals surface area contributed by atoms with Crippen LogP contribution in [0, 0.1) is 3.57 Å². The number of rotatable bonds is 3. The fourth-order valence-electron chi connectivity index (χ4n) is 2.48. The molecule has 1 amide bonds. The molecule has 7 heteroatoms. The molecule has 22 heavy (non-hydrogen) atoms. The third-order valence-electron chi connectivity index (χ3n) is 3.63. The monoisotopic (exact) mass is 427 g/mol. The summed E-state index contributed by atoms with van der Waals surface area (Å²) in [4.78, 5) is 14.3. The smallest absolute Gasteiger partial charge is 0.422 e. The lowest BCUT2D eigenvalue weighted by molar-refractivity contribution is -0.153. The highest BCUT2D eigenvalue weighted by atomic mass is 127. The molecular weight excluding hydrogens is 410 g/mol. The average molecular weight is 427 g/mol. The molecule has 1 aliphatic rings. The van der Waals surface area contributed by atoms with Gasteiger partial charge in [-0.05, 0) is 67.0 Å². The van der Waals surface area contributed by atoms with Gasteiger partial charge in [0.2, 0.25) is 0 Å². The van der Waals surface area contributed by atoms with Crippen molar-refractivity contribution >= 4 is 28.5 Å². The lowest BCUT2D eigenvalue weighted by atomic mass is 10.0. The summed E-state index contributed by atoms with van der Waals surface area (Å²) in [7, 11) is 0. The third-order valence-corrected chi connectivity index (χ3v) is 4.48. The Morgan fingerprint density at radius 1 is 1.41 bits per heavy atom. The van der Waals surface area contributed by atoms with Crippen molar-refractivity contribution in [3.63, 3.8) is 0 Å². The molecule has 1 saturated heterocycles. The van der Waals surface area contributed by atoms with Crippen molar-refractivity contribution < 1.29 is 22.7 Å². The van der Waals surface area contributed by atoms with Crippen LogP contribution in [0.4, 0.5) is 13.2 Å². The van der Waals surface area contributed by atoms with Crippen LogP contribution in [-0.2, 0) is 0 Å². The maximum absolute atomic E-state index is 12.5. The minimum Gasteiger partial charge on any atom is -0.483 e. The second kappa shape index (κ2) is 7.06. The predicted octanol–water partition coefficient (Wildman–Crippen LogP) is 4.25. The fourth-order valence-corrected chi connectivity index (χ4v) is 3.15. The van der Waals surface area contributed by atoms with Crippen LogP contribution >= 0.6 is 22.6 Å². The number of carbonyl (C=O) groups is 1. The summed E-state index contributed by atoms with van der Waals surface area (Å²) in [6.45, 7) is 1.41. The number of alkyl halides is 3. The van der Waals surface area contributed by atoms with Gasteiger partial charge in [-0.2, -0.15) is 13.2 Å². The van der Waals surface area contributed by atoms with Gasteiger partial charge in [-0.15, -0.1) is 0 Å². The molecule has 0 spiro atoms. The average Bonchev–Trinajstić information content (AvgIpc) is 2.45. The minimum absolute atomic E-state index is 0.0764. The van der Waals surface area contributed by atoms with Gasteiger partial charge in [-0.1, -0.05) is 0 Å². The predicted molar refractivity (Wildman–Crippen MR) is 85.1 cm³/mol. The molecule has 1 unspecified atom stereocenters. The van der Waals surface area contributed by atoms with E-state index in [1.165, 1.54) is 12.1 Å². The van der Waals surface area contributed by atoms with E-state index in [9.17, 15) is 18.0 Å². The SMILES string of the molecule is CC1CCCCN1C(=O)c1ccc(OCC(F)(F)F)c(I)c1. The standard InChI is InChI=1S/C15H17F3INO2/c1-10-4-2-3-7-20(10)14(21)11-5-6-13(12(19)8-11)22-9-15(16,17)18/h5-6,8,10H,2-4,7,9H2,1H3. The zero-order valence-electron chi connectivity index (χ0n) is 12.1. The molecule has 3 nitrogen and oxygen atoms in total. The van der Waals surface area contributed by atoms with E-state index < -0.39 is 12.8 Å². The van der Waals surface area contributed by atoms with Crippen LogP contribution in [0.5, 0.6) is 5.75 Å². The van der Waals surface area contributed by atoms with E-state index in [0.29, 0.717) is 9.13 Å². The van der Waals surface area contributed by atoms with E-state index >= 15 is 0 Å². The van der Waals surface area contributed by atoms with E-state index in [1.54, 1.807) is 6.07 Å². The molecule has 1 heterocycles. The van der Waals surface area contributed by atoms with Gasteiger partial charge in [0.15, 0.2) is 6.61 Å². The van der Waals surface area contributed by atoms with Crippen molar-refractivity contribution in [2.24, 2.45) is 0 Å². The van der Waals surface area contributed by atoms with Crippen molar-refractivity contribution in [3.05, 3.63) is 27.3 Å². The van der Waals surface area contributed by atoms with E-state index in [2.05, 4.69) is 0 Å². The summed E-state index contributed by atoms with van der Waals surface area (Å²) in [6, 6.07) is 4.73. The Morgan fingerprint density at radius 3 is 2.73 bits per heavy atom. The Labute approximate surface area is 141 Å². The number of amides is 1. The number of nitrogens with zero attached hydrogens (tertiary/aromatic N) is 1. The summed E-state index contributed by atoms with van der Waals surface area (Å²) in [5, 5.41) is 0. The van der Waals surface area contributed by atoms with Crippen molar-refractivity contribution in [2.75, 3.05) is 13.2 Å². The molecule has 1 fully saturated rings. The van der Waals surface area contributed by atoms with Gasteiger partial charge >= 0.3 is 6.18 Å². The Balaban J connectivity index is 2.09. The van der Waals surface area contributed by atoms with Crippen LogP contribution in [0.1, 0.15) is 36.5 Å². The molecule has 1 aliphatic heterocycles. The summed E-state index contributed by atoms with van der Waals surface area (Å²) in [5.41, 5.74) is 0.484. The van der Waals surface area contributed by atoms with E-state index in [-0.39, 0.29) is 17.7 Å². The quantitative estimate of drug-likeness (QED) is 0.676. The number of likely N-dealkylation sites (tertiary alicyclic amines) is 1. The van der Waals surface area contributed by atoms with Crippen LogP contribution in [-0.4, -0.2) is 36.2 Å². The molecule has 0 aromatic heterocycles. The van der Waals surface area contributed by atoms with Gasteiger partial charge in [0, 0.05) is 18.2 Å². The second-order valence-corrected chi connectivity index (χ2v) is 6.55. The molecule has 122 valence electrons. The molecule has 0 bridgehead atoms. The Hall–Kier alpha value is -0.990. The molecule has 1 atom stereocenters. The van der Waals surface area contributed by atoms with Gasteiger partial charge in [0.25, 0.3) is 5.91 Å². The van der Waals surface area contributed by atoms with Crippen LogP contribution in [0.2, 0.25) is 0 Å². The van der Waals surface area contributed by atoms with Crippen molar-refractivity contribution in [2.45, 2.75) is 38.4 Å². The molecular formula is C15H17F3INO2. The molecule has 0 aliphatic carbocycles. The largest absolute Gasteiger partial charge is 0.483 e. The van der Waals surface area contributed by atoms with E-state index in [4.69, 9.17) is 4.74 Å². The Kier molecular flexibility index (Phi) is 5.57. The number of halogens is 4. The van der Waals surface area contributed by atoms with Crippen LogP contribution in [0.25, 0.3) is 0 Å². The van der Waals surface area contributed by atoms with Crippen LogP contribution in [0.15, 0.2) is 18.2 Å². The highest BCUT2D eigenvalue weighted by molar-refractivity contribution is 14.1. The summed E-state index contributed by atoms with van der Waals surface area (Å²) < 4.78 is 41.8. The first-order valence-electron chi connectivity index (χ1n) is 7.08. The zero-order valence-corrected chi connectivity index (χ0v) is 14.3. The van der Waals surface area contributed by atoms with E-state index in [0.717, 1.165) is 25.8 Å². The summed E-state index contributed by atoms with van der Waals surface area (Å²) in [6.07, 6.45) is -1.29. The summed E-state index contributed by atoms with van der Waals surface area (Å²) >= 11 is 1.88. The first-order chi connectivity index (χ1) is 10.3. The second-order valence-electron chi connectivity index (χ2n) is 5.39. The number of piperidine rings is 1. The maximum atomic E-state index is 12.5. The van der Waals surface area contributed by atoms with Gasteiger partial charge in [-0.3, -0.25) is 4.79 Å². The lowest BCUT2D eigenvalue weighted by Crippen LogP contribution is -2.42. The highest BCUT2D eigenvalue weighted by Crippen LogP contribution is 2.26. The Bertz CT molecular complexity index is 548. The van der Waals surface area contributed by atoms with Crippen molar-refractivity contribution in [3.8, 4) is 5.75 Å². The first kappa shape index (κ1) is 17.4. The summed E-state index contributed by atoms with van der Waals surface area (Å²) in [5.74, 6) is 0.0636. The van der Waals surface area contributed by atoms with Crippen LogP contribution in [0.3, 0.4) is 0 Å². The van der Waals surface area contributed by atoms with Gasteiger partial charge in [0.1, 0.15) is 5.75 Å². The van der Waals surface area contributed by atoms with E-state index in [1.807, 2.05) is 34.4 Å². The molecule has 2 rings (SSSR count). The molecule has 0 saturated carbocycles. The van der Waals surface area contributed by atoms with Gasteiger partial charge < -0.3 is 9.64 Å². The molecule has 1 aromatic rings. The number of hydrogen-bond acceptors (Lipinski definition) is 2.